The van der Waals surface area contributed by atoms with E-state index in [2.05, 4.69) is 33.0 Å². The Labute approximate surface area is 127 Å². The molecule has 1 heteroatoms. The first-order chi connectivity index (χ1) is 9.49. The van der Waals surface area contributed by atoms with Gasteiger partial charge in [0.05, 0.1) is 0 Å². The van der Waals surface area contributed by atoms with Crippen LogP contribution in [0.15, 0.2) is 0 Å². The highest BCUT2D eigenvalue weighted by Gasteiger charge is 2.34. The summed E-state index contributed by atoms with van der Waals surface area (Å²) in [5, 5.41) is 3.78. The van der Waals surface area contributed by atoms with Crippen LogP contribution in [0.5, 0.6) is 0 Å². The van der Waals surface area contributed by atoms with Gasteiger partial charge in [-0.3, -0.25) is 0 Å². The van der Waals surface area contributed by atoms with Crippen LogP contribution in [-0.4, -0.2) is 12.1 Å². The van der Waals surface area contributed by atoms with Crippen molar-refractivity contribution in [2.75, 3.05) is 6.54 Å². The Bertz CT molecular complexity index is 270. The van der Waals surface area contributed by atoms with Crippen LogP contribution in [0.4, 0.5) is 0 Å². The van der Waals surface area contributed by atoms with Crippen molar-refractivity contribution in [3.8, 4) is 0 Å². The molecule has 0 heterocycles. The van der Waals surface area contributed by atoms with Crippen LogP contribution in [0, 0.1) is 23.7 Å². The van der Waals surface area contributed by atoms with Gasteiger partial charge in [-0.05, 0) is 76.7 Å². The molecule has 2 aliphatic rings. The second-order valence-electron chi connectivity index (χ2n) is 8.53. The molecule has 0 radical (unpaired) electrons. The van der Waals surface area contributed by atoms with Crippen molar-refractivity contribution in [3.05, 3.63) is 0 Å². The van der Waals surface area contributed by atoms with Crippen molar-refractivity contribution in [1.29, 1.82) is 0 Å². The van der Waals surface area contributed by atoms with E-state index in [1.807, 2.05) is 0 Å². The standard InChI is InChI=1S/C19H37N/c1-5-15-10-12-16(13-11-15)18-9-7-6-8-17(18)14-20-19(2,3)4/h15-18,20H,5-14H2,1-4H3. The minimum atomic E-state index is 0.280. The normalized spacial score (nSPS) is 36.0. The Kier molecular flexibility index (Phi) is 5.95. The first-order valence-electron chi connectivity index (χ1n) is 9.24. The quantitative estimate of drug-likeness (QED) is 0.727. The molecule has 0 amide bonds. The van der Waals surface area contributed by atoms with Gasteiger partial charge in [0.2, 0.25) is 0 Å². The van der Waals surface area contributed by atoms with Crippen LogP contribution in [0.25, 0.3) is 0 Å². The van der Waals surface area contributed by atoms with Gasteiger partial charge in [-0.15, -0.1) is 0 Å². The van der Waals surface area contributed by atoms with Crippen LogP contribution >= 0.6 is 0 Å². The molecule has 1 N–H and O–H groups in total. The van der Waals surface area contributed by atoms with Gasteiger partial charge in [-0.1, -0.05) is 39.0 Å². The second-order valence-corrected chi connectivity index (χ2v) is 8.53. The van der Waals surface area contributed by atoms with Crippen LogP contribution in [0.2, 0.25) is 0 Å². The third kappa shape index (κ3) is 4.76. The molecule has 0 bridgehead atoms. The highest BCUT2D eigenvalue weighted by Crippen LogP contribution is 2.43. The predicted octanol–water partition coefficient (Wildman–Crippen LogP) is 5.40. The molecule has 2 fully saturated rings. The molecule has 20 heavy (non-hydrogen) atoms. The molecule has 0 spiro atoms. The molecule has 0 saturated heterocycles. The molecule has 2 atom stereocenters. The van der Waals surface area contributed by atoms with Crippen LogP contribution in [0.3, 0.4) is 0 Å². The lowest BCUT2D eigenvalue weighted by Gasteiger charge is -2.41. The van der Waals surface area contributed by atoms with Crippen LogP contribution < -0.4 is 5.32 Å². The summed E-state index contributed by atoms with van der Waals surface area (Å²) in [6.45, 7) is 10.5. The fourth-order valence-corrected chi connectivity index (χ4v) is 4.57. The molecule has 0 aliphatic heterocycles. The smallest absolute Gasteiger partial charge is 0.00966 e. The fraction of sp³-hybridized carbons (Fsp3) is 1.00. The van der Waals surface area contributed by atoms with E-state index in [9.17, 15) is 0 Å². The molecule has 1 nitrogen and oxygen atoms in total. The van der Waals surface area contributed by atoms with Crippen LogP contribution in [0.1, 0.15) is 85.5 Å². The molecule has 118 valence electrons. The number of hydrogen-bond donors (Lipinski definition) is 1. The summed E-state index contributed by atoms with van der Waals surface area (Å²) in [5.41, 5.74) is 0.280. The van der Waals surface area contributed by atoms with E-state index in [4.69, 9.17) is 0 Å². The second kappa shape index (κ2) is 7.29. The first kappa shape index (κ1) is 16.3. The van der Waals surface area contributed by atoms with E-state index in [0.717, 1.165) is 23.7 Å². The Morgan fingerprint density at radius 3 is 2.15 bits per heavy atom. The summed E-state index contributed by atoms with van der Waals surface area (Å²) in [6, 6.07) is 0. The zero-order valence-corrected chi connectivity index (χ0v) is 14.4. The Hall–Kier alpha value is -0.0400. The predicted molar refractivity (Wildman–Crippen MR) is 88.9 cm³/mol. The summed E-state index contributed by atoms with van der Waals surface area (Å²) >= 11 is 0. The number of rotatable bonds is 4. The Balaban J connectivity index is 1.87. The van der Waals surface area contributed by atoms with Crippen molar-refractivity contribution < 1.29 is 0 Å². The average molecular weight is 280 g/mol. The number of hydrogen-bond acceptors (Lipinski definition) is 1. The van der Waals surface area contributed by atoms with Gasteiger partial charge < -0.3 is 5.32 Å². The maximum Gasteiger partial charge on any atom is 0.00966 e. The average Bonchev–Trinajstić information content (AvgIpc) is 2.45. The monoisotopic (exact) mass is 279 g/mol. The van der Waals surface area contributed by atoms with Crippen LogP contribution in [-0.2, 0) is 0 Å². The molecular weight excluding hydrogens is 242 g/mol. The summed E-state index contributed by atoms with van der Waals surface area (Å²) in [7, 11) is 0. The van der Waals surface area contributed by atoms with Crippen molar-refractivity contribution in [3.63, 3.8) is 0 Å². The van der Waals surface area contributed by atoms with Gasteiger partial charge in [-0.2, -0.15) is 0 Å². The maximum absolute atomic E-state index is 3.78. The fourth-order valence-electron chi connectivity index (χ4n) is 4.57. The third-order valence-corrected chi connectivity index (χ3v) is 5.94. The lowest BCUT2D eigenvalue weighted by atomic mass is 9.66. The van der Waals surface area contributed by atoms with E-state index in [0.29, 0.717) is 0 Å². The molecule has 2 unspecified atom stereocenters. The zero-order chi connectivity index (χ0) is 14.6. The SMILES string of the molecule is CCC1CCC(C2CCCCC2CNC(C)(C)C)CC1. The van der Waals surface area contributed by atoms with Crippen molar-refractivity contribution in [2.24, 2.45) is 23.7 Å². The molecule has 0 aromatic rings. The number of nitrogens with one attached hydrogen (secondary N) is 1. The van der Waals surface area contributed by atoms with Gasteiger partial charge in [0.1, 0.15) is 0 Å². The lowest BCUT2D eigenvalue weighted by molar-refractivity contribution is 0.106. The van der Waals surface area contributed by atoms with E-state index < -0.39 is 0 Å². The summed E-state index contributed by atoms with van der Waals surface area (Å²) in [6.07, 6.45) is 13.4. The van der Waals surface area contributed by atoms with E-state index in [-0.39, 0.29) is 5.54 Å². The highest BCUT2D eigenvalue weighted by molar-refractivity contribution is 4.86. The third-order valence-electron chi connectivity index (χ3n) is 5.94. The summed E-state index contributed by atoms with van der Waals surface area (Å²) in [5.74, 6) is 4.06. The van der Waals surface area contributed by atoms with E-state index in [1.54, 1.807) is 0 Å². The molecular formula is C19H37N. The summed E-state index contributed by atoms with van der Waals surface area (Å²) < 4.78 is 0. The Morgan fingerprint density at radius 1 is 0.900 bits per heavy atom. The molecule has 2 aliphatic carbocycles. The molecule has 2 rings (SSSR count). The highest BCUT2D eigenvalue weighted by atomic mass is 14.9. The van der Waals surface area contributed by atoms with Gasteiger partial charge in [-0.25, -0.2) is 0 Å². The van der Waals surface area contributed by atoms with Gasteiger partial charge in [0.25, 0.3) is 0 Å². The van der Waals surface area contributed by atoms with Crippen molar-refractivity contribution >= 4 is 0 Å². The zero-order valence-electron chi connectivity index (χ0n) is 14.4. The summed E-state index contributed by atoms with van der Waals surface area (Å²) in [4.78, 5) is 0. The Morgan fingerprint density at radius 2 is 1.55 bits per heavy atom. The van der Waals surface area contributed by atoms with Crippen molar-refractivity contribution in [2.45, 2.75) is 91.0 Å². The maximum atomic E-state index is 3.78. The van der Waals surface area contributed by atoms with E-state index in [1.165, 1.54) is 64.3 Å². The molecule has 2 saturated carbocycles. The van der Waals surface area contributed by atoms with Gasteiger partial charge in [0, 0.05) is 5.54 Å². The van der Waals surface area contributed by atoms with Crippen molar-refractivity contribution in [1.82, 2.24) is 5.32 Å². The molecule has 0 aromatic carbocycles. The van der Waals surface area contributed by atoms with Gasteiger partial charge >= 0.3 is 0 Å². The minimum absolute atomic E-state index is 0.280. The minimum Gasteiger partial charge on any atom is -0.312 e. The van der Waals surface area contributed by atoms with Gasteiger partial charge in [0.15, 0.2) is 0 Å². The lowest BCUT2D eigenvalue weighted by Crippen LogP contribution is -2.43. The largest absolute Gasteiger partial charge is 0.312 e. The molecule has 0 aromatic heterocycles. The topological polar surface area (TPSA) is 12.0 Å². The van der Waals surface area contributed by atoms with E-state index >= 15 is 0 Å². The first-order valence-corrected chi connectivity index (χ1v) is 9.24.